The van der Waals surface area contributed by atoms with Crippen LogP contribution in [0.4, 0.5) is 5.69 Å². The van der Waals surface area contributed by atoms with Crippen LogP contribution >= 0.6 is 11.3 Å². The van der Waals surface area contributed by atoms with Gasteiger partial charge in [-0.3, -0.25) is 4.79 Å². The number of thiophene rings is 1. The maximum atomic E-state index is 12.9. The average Bonchev–Trinajstić information content (AvgIpc) is 3.25. The van der Waals surface area contributed by atoms with Gasteiger partial charge in [-0.25, -0.2) is 4.98 Å². The summed E-state index contributed by atoms with van der Waals surface area (Å²) in [5.74, 6) is 1.68. The first-order chi connectivity index (χ1) is 15.2. The van der Waals surface area contributed by atoms with Gasteiger partial charge in [-0.1, -0.05) is 42.5 Å². The predicted octanol–water partition coefficient (Wildman–Crippen LogP) is 2.57. The molecular weight excluding hydrogens is 408 g/mol. The number of methoxy groups -OCH3 is 1. The van der Waals surface area contributed by atoms with E-state index < -0.39 is 0 Å². The van der Waals surface area contributed by atoms with Crippen molar-refractivity contribution in [1.29, 1.82) is 0 Å². The molecule has 5 rings (SSSR count). The standard InChI is InChI=1S/C24H24N4O2S/c1-30-20-10-6-5-9-19(20)28-13-11-27(12-14-28)15-21-25-23(29)22-18(16-31-24(22)26-21)17-7-3-2-4-8-17/h2-10,16H,11-15H2,1H3,(H,25,26,29)/p+1. The molecule has 1 aliphatic rings. The highest BCUT2D eigenvalue weighted by Gasteiger charge is 2.23. The van der Waals surface area contributed by atoms with Crippen LogP contribution in [0.25, 0.3) is 21.3 Å². The van der Waals surface area contributed by atoms with E-state index in [0.717, 1.165) is 65.9 Å². The quantitative estimate of drug-likeness (QED) is 0.508. The number of hydrogen-bond donors (Lipinski definition) is 2. The van der Waals surface area contributed by atoms with Crippen molar-refractivity contribution in [3.8, 4) is 16.9 Å². The minimum absolute atomic E-state index is 0.0489. The highest BCUT2D eigenvalue weighted by atomic mass is 32.1. The van der Waals surface area contributed by atoms with Gasteiger partial charge < -0.3 is 19.5 Å². The van der Waals surface area contributed by atoms with Gasteiger partial charge >= 0.3 is 0 Å². The maximum absolute atomic E-state index is 12.9. The Kier molecular flexibility index (Phi) is 5.44. The lowest BCUT2D eigenvalue weighted by molar-refractivity contribution is -0.915. The molecular formula is C24H25N4O2S+. The first-order valence-electron chi connectivity index (χ1n) is 10.5. The van der Waals surface area contributed by atoms with Crippen molar-refractivity contribution in [2.75, 3.05) is 38.2 Å². The predicted molar refractivity (Wildman–Crippen MR) is 125 cm³/mol. The minimum Gasteiger partial charge on any atom is -0.495 e. The van der Waals surface area contributed by atoms with Gasteiger partial charge in [0.25, 0.3) is 5.56 Å². The Labute approximate surface area is 184 Å². The summed E-state index contributed by atoms with van der Waals surface area (Å²) in [5.41, 5.74) is 3.10. The third-order valence-electron chi connectivity index (χ3n) is 5.89. The van der Waals surface area contributed by atoms with Crippen LogP contribution in [0.5, 0.6) is 5.75 Å². The van der Waals surface area contributed by atoms with Gasteiger partial charge in [-0.05, 0) is 17.7 Å². The third kappa shape index (κ3) is 3.94. The summed E-state index contributed by atoms with van der Waals surface area (Å²) in [4.78, 5) is 25.3. The fraction of sp³-hybridized carbons (Fsp3) is 0.250. The minimum atomic E-state index is -0.0489. The van der Waals surface area contributed by atoms with Crippen LogP contribution in [0.1, 0.15) is 5.82 Å². The van der Waals surface area contributed by atoms with Crippen LogP contribution in [0.2, 0.25) is 0 Å². The molecule has 7 heteroatoms. The van der Waals surface area contributed by atoms with Gasteiger partial charge in [0.15, 0.2) is 5.82 Å². The number of hydrogen-bond acceptors (Lipinski definition) is 5. The number of para-hydroxylation sites is 2. The number of H-pyrrole nitrogens is 1. The molecule has 2 N–H and O–H groups in total. The fourth-order valence-electron chi connectivity index (χ4n) is 4.28. The topological polar surface area (TPSA) is 62.7 Å². The number of benzene rings is 2. The first kappa shape index (κ1) is 19.8. The molecule has 0 aliphatic carbocycles. The normalized spacial score (nSPS) is 14.8. The van der Waals surface area contributed by atoms with Crippen molar-refractivity contribution in [2.45, 2.75) is 6.54 Å². The Hall–Kier alpha value is -3.16. The summed E-state index contributed by atoms with van der Waals surface area (Å²) in [7, 11) is 1.71. The van der Waals surface area contributed by atoms with Crippen LogP contribution in [-0.2, 0) is 6.54 Å². The molecule has 1 fully saturated rings. The number of aromatic nitrogens is 2. The Morgan fingerprint density at radius 1 is 1.10 bits per heavy atom. The average molecular weight is 434 g/mol. The van der Waals surface area contributed by atoms with Crippen molar-refractivity contribution in [1.82, 2.24) is 9.97 Å². The SMILES string of the molecule is COc1ccccc1N1CC[NH+](Cc2nc3scc(-c4ccccc4)c3c(=O)[nH]2)CC1. The number of rotatable bonds is 5. The zero-order chi connectivity index (χ0) is 21.2. The summed E-state index contributed by atoms with van der Waals surface area (Å²) >= 11 is 1.54. The van der Waals surface area contributed by atoms with Gasteiger partial charge in [-0.2, -0.15) is 0 Å². The zero-order valence-corrected chi connectivity index (χ0v) is 18.2. The van der Waals surface area contributed by atoms with Crippen LogP contribution in [0.15, 0.2) is 64.8 Å². The van der Waals surface area contributed by atoms with E-state index in [0.29, 0.717) is 5.39 Å². The van der Waals surface area contributed by atoms with Crippen LogP contribution < -0.4 is 20.1 Å². The molecule has 4 aromatic rings. The molecule has 0 unspecified atom stereocenters. The molecule has 1 aliphatic heterocycles. The molecule has 0 bridgehead atoms. The van der Waals surface area contributed by atoms with E-state index in [1.807, 2.05) is 53.9 Å². The highest BCUT2D eigenvalue weighted by molar-refractivity contribution is 7.17. The Morgan fingerprint density at radius 3 is 2.61 bits per heavy atom. The van der Waals surface area contributed by atoms with Gasteiger partial charge in [-0.15, -0.1) is 11.3 Å². The smallest absolute Gasteiger partial charge is 0.260 e. The second-order valence-corrected chi connectivity index (χ2v) is 8.65. The van der Waals surface area contributed by atoms with Crippen LogP contribution in [0.3, 0.4) is 0 Å². The molecule has 0 saturated carbocycles. The van der Waals surface area contributed by atoms with Gasteiger partial charge in [0.05, 0.1) is 44.4 Å². The summed E-state index contributed by atoms with van der Waals surface area (Å²) in [6, 6.07) is 18.2. The Bertz CT molecular complexity index is 1240. The van der Waals surface area contributed by atoms with Crippen molar-refractivity contribution < 1.29 is 9.64 Å². The second kappa shape index (κ2) is 8.53. The summed E-state index contributed by atoms with van der Waals surface area (Å²) in [5, 5.41) is 2.72. The number of nitrogens with one attached hydrogen (secondary N) is 2. The molecule has 158 valence electrons. The third-order valence-corrected chi connectivity index (χ3v) is 6.76. The number of ether oxygens (including phenoxy) is 1. The molecule has 6 nitrogen and oxygen atoms in total. The summed E-state index contributed by atoms with van der Waals surface area (Å²) in [6.45, 7) is 4.58. The van der Waals surface area contributed by atoms with E-state index in [2.05, 4.69) is 16.0 Å². The lowest BCUT2D eigenvalue weighted by atomic mass is 10.1. The highest BCUT2D eigenvalue weighted by Crippen LogP contribution is 2.30. The van der Waals surface area contributed by atoms with E-state index in [9.17, 15) is 4.79 Å². The van der Waals surface area contributed by atoms with Crippen LogP contribution in [0, 0.1) is 0 Å². The molecule has 0 radical (unpaired) electrons. The molecule has 1 saturated heterocycles. The first-order valence-corrected chi connectivity index (χ1v) is 11.4. The van der Waals surface area contributed by atoms with E-state index in [4.69, 9.17) is 9.72 Å². The molecule has 2 aromatic carbocycles. The number of anilines is 1. The van der Waals surface area contributed by atoms with Crippen molar-refractivity contribution in [2.24, 2.45) is 0 Å². The molecule has 31 heavy (non-hydrogen) atoms. The van der Waals surface area contributed by atoms with Gasteiger partial charge in [0.2, 0.25) is 0 Å². The number of aromatic amines is 1. The Balaban J connectivity index is 1.31. The van der Waals surface area contributed by atoms with E-state index in [-0.39, 0.29) is 5.56 Å². The van der Waals surface area contributed by atoms with Gasteiger partial charge in [0, 0.05) is 10.9 Å². The lowest BCUT2D eigenvalue weighted by Crippen LogP contribution is -3.13. The van der Waals surface area contributed by atoms with Crippen molar-refractivity contribution in [3.05, 3.63) is 76.2 Å². The van der Waals surface area contributed by atoms with E-state index >= 15 is 0 Å². The molecule has 3 heterocycles. The maximum Gasteiger partial charge on any atom is 0.260 e. The number of piperazine rings is 1. The lowest BCUT2D eigenvalue weighted by Gasteiger charge is -2.34. The van der Waals surface area contributed by atoms with Gasteiger partial charge in [0.1, 0.15) is 17.1 Å². The van der Waals surface area contributed by atoms with E-state index in [1.165, 1.54) is 16.2 Å². The van der Waals surface area contributed by atoms with Crippen molar-refractivity contribution in [3.63, 3.8) is 0 Å². The number of quaternary nitrogens is 1. The molecule has 0 amide bonds. The second-order valence-electron chi connectivity index (χ2n) is 7.79. The summed E-state index contributed by atoms with van der Waals surface area (Å²) < 4.78 is 5.51. The number of fused-ring (bicyclic) bond motifs is 1. The van der Waals surface area contributed by atoms with Crippen molar-refractivity contribution >= 4 is 27.2 Å². The number of nitrogens with zero attached hydrogens (tertiary/aromatic N) is 2. The monoisotopic (exact) mass is 433 g/mol. The molecule has 0 atom stereocenters. The van der Waals surface area contributed by atoms with E-state index in [1.54, 1.807) is 7.11 Å². The fourth-order valence-corrected chi connectivity index (χ4v) is 5.24. The largest absolute Gasteiger partial charge is 0.495 e. The molecule has 2 aromatic heterocycles. The Morgan fingerprint density at radius 2 is 1.84 bits per heavy atom. The zero-order valence-electron chi connectivity index (χ0n) is 17.4. The summed E-state index contributed by atoms with van der Waals surface area (Å²) in [6.07, 6.45) is 0. The molecule has 0 spiro atoms. The van der Waals surface area contributed by atoms with Crippen LogP contribution in [-0.4, -0.2) is 43.3 Å².